The van der Waals surface area contributed by atoms with Gasteiger partial charge in [0.1, 0.15) is 0 Å². The predicted molar refractivity (Wildman–Crippen MR) is 51.9 cm³/mol. The second-order valence-corrected chi connectivity index (χ2v) is 3.23. The minimum Gasteiger partial charge on any atom is -0.328 e. The summed E-state index contributed by atoms with van der Waals surface area (Å²) >= 11 is 3.11. The molecule has 1 rings (SSSR count). The lowest BCUT2D eigenvalue weighted by Gasteiger charge is -2.05. The van der Waals surface area contributed by atoms with Gasteiger partial charge in [-0.15, -0.1) is 6.58 Å². The van der Waals surface area contributed by atoms with Gasteiger partial charge in [0.2, 0.25) is 0 Å². The van der Waals surface area contributed by atoms with E-state index in [1.54, 1.807) is 18.3 Å². The number of H-pyrrole nitrogens is 1. The molecule has 0 saturated carbocycles. The molecule has 3 N–H and O–H groups in total. The smallest absolute Gasteiger partial charge is 0.262 e. The van der Waals surface area contributed by atoms with E-state index in [9.17, 15) is 4.79 Å². The number of nitrogens with two attached hydrogens (primary N) is 1. The van der Waals surface area contributed by atoms with E-state index in [1.807, 2.05) is 0 Å². The SMILES string of the molecule is C=CC(N)c1c[nH]c(=O)c(Br)c1. The van der Waals surface area contributed by atoms with Crippen LogP contribution in [0.4, 0.5) is 0 Å². The standard InChI is InChI=1S/C8H9BrN2O/c1-2-7(10)5-3-6(9)8(12)11-4-5/h2-4,7H,1,10H2,(H,11,12). The fourth-order valence-corrected chi connectivity index (χ4v) is 1.18. The Morgan fingerprint density at radius 1 is 1.75 bits per heavy atom. The van der Waals surface area contributed by atoms with Gasteiger partial charge in [-0.1, -0.05) is 6.08 Å². The highest BCUT2D eigenvalue weighted by Gasteiger charge is 2.02. The Kier molecular flexibility index (Phi) is 2.83. The van der Waals surface area contributed by atoms with Crippen molar-refractivity contribution in [3.8, 4) is 0 Å². The van der Waals surface area contributed by atoms with Gasteiger partial charge in [0.25, 0.3) is 5.56 Å². The Morgan fingerprint density at radius 3 is 2.92 bits per heavy atom. The van der Waals surface area contributed by atoms with Crippen LogP contribution in [0, 0.1) is 0 Å². The second-order valence-electron chi connectivity index (χ2n) is 2.37. The molecule has 0 bridgehead atoms. The van der Waals surface area contributed by atoms with Crippen molar-refractivity contribution in [2.24, 2.45) is 5.73 Å². The number of hydrogen-bond acceptors (Lipinski definition) is 2. The first-order valence-electron chi connectivity index (χ1n) is 3.41. The molecule has 1 atom stereocenters. The lowest BCUT2D eigenvalue weighted by Crippen LogP contribution is -2.12. The third-order valence-electron chi connectivity index (χ3n) is 1.52. The Morgan fingerprint density at radius 2 is 2.42 bits per heavy atom. The Balaban J connectivity index is 3.12. The first-order chi connectivity index (χ1) is 5.65. The number of hydrogen-bond donors (Lipinski definition) is 2. The largest absolute Gasteiger partial charge is 0.328 e. The second kappa shape index (κ2) is 3.69. The molecule has 0 aliphatic carbocycles. The van der Waals surface area contributed by atoms with Crippen molar-refractivity contribution in [2.75, 3.05) is 0 Å². The van der Waals surface area contributed by atoms with Crippen molar-refractivity contribution < 1.29 is 0 Å². The van der Waals surface area contributed by atoms with Gasteiger partial charge in [-0.25, -0.2) is 0 Å². The average Bonchev–Trinajstić information content (AvgIpc) is 2.08. The third kappa shape index (κ3) is 1.84. The maximum Gasteiger partial charge on any atom is 0.262 e. The zero-order chi connectivity index (χ0) is 9.14. The monoisotopic (exact) mass is 228 g/mol. The molecule has 0 aromatic carbocycles. The lowest BCUT2D eigenvalue weighted by atomic mass is 10.1. The minimum absolute atomic E-state index is 0.157. The van der Waals surface area contributed by atoms with Crippen LogP contribution in [-0.2, 0) is 0 Å². The van der Waals surface area contributed by atoms with Crippen LogP contribution in [0.3, 0.4) is 0 Å². The summed E-state index contributed by atoms with van der Waals surface area (Å²) < 4.78 is 0.484. The molecule has 0 aliphatic heterocycles. The highest BCUT2D eigenvalue weighted by molar-refractivity contribution is 9.10. The lowest BCUT2D eigenvalue weighted by molar-refractivity contribution is 0.898. The Hall–Kier alpha value is -0.870. The number of nitrogens with one attached hydrogen (secondary N) is 1. The summed E-state index contributed by atoms with van der Waals surface area (Å²) in [6.45, 7) is 3.56. The van der Waals surface area contributed by atoms with Crippen LogP contribution in [0.15, 0.2) is 34.2 Å². The summed E-state index contributed by atoms with van der Waals surface area (Å²) in [6, 6.07) is 1.45. The molecule has 1 heterocycles. The number of rotatable bonds is 2. The summed E-state index contributed by atoms with van der Waals surface area (Å²) in [4.78, 5) is 13.5. The van der Waals surface area contributed by atoms with Gasteiger partial charge < -0.3 is 10.7 Å². The molecule has 12 heavy (non-hydrogen) atoms. The molecule has 3 nitrogen and oxygen atoms in total. The minimum atomic E-state index is -0.238. The van der Waals surface area contributed by atoms with Crippen LogP contribution in [0.5, 0.6) is 0 Å². The summed E-state index contributed by atoms with van der Waals surface area (Å²) in [6.07, 6.45) is 3.19. The Labute approximate surface area is 78.4 Å². The normalized spacial score (nSPS) is 12.5. The molecule has 0 amide bonds. The highest BCUT2D eigenvalue weighted by Crippen LogP contribution is 2.12. The van der Waals surface area contributed by atoms with Gasteiger partial charge >= 0.3 is 0 Å². The molecule has 0 radical (unpaired) electrons. The van der Waals surface area contributed by atoms with E-state index in [2.05, 4.69) is 27.5 Å². The maximum atomic E-state index is 10.9. The van der Waals surface area contributed by atoms with Crippen LogP contribution >= 0.6 is 15.9 Å². The summed E-state index contributed by atoms with van der Waals surface area (Å²) in [5, 5.41) is 0. The fourth-order valence-electron chi connectivity index (χ4n) is 0.800. The summed E-state index contributed by atoms with van der Waals surface area (Å²) in [7, 11) is 0. The molecule has 1 aromatic heterocycles. The van der Waals surface area contributed by atoms with Gasteiger partial charge in [0.05, 0.1) is 4.47 Å². The van der Waals surface area contributed by atoms with E-state index in [0.717, 1.165) is 5.56 Å². The first-order valence-corrected chi connectivity index (χ1v) is 4.20. The zero-order valence-corrected chi connectivity index (χ0v) is 7.97. The molecule has 1 aromatic rings. The third-order valence-corrected chi connectivity index (χ3v) is 2.11. The molecule has 0 fully saturated rings. The van der Waals surface area contributed by atoms with E-state index in [-0.39, 0.29) is 11.6 Å². The predicted octanol–water partition coefficient (Wildman–Crippen LogP) is 1.32. The van der Waals surface area contributed by atoms with Gasteiger partial charge in [-0.3, -0.25) is 4.79 Å². The molecular weight excluding hydrogens is 220 g/mol. The van der Waals surface area contributed by atoms with Crippen molar-refractivity contribution in [1.29, 1.82) is 0 Å². The van der Waals surface area contributed by atoms with Crippen LogP contribution in [0.2, 0.25) is 0 Å². The van der Waals surface area contributed by atoms with Crippen molar-refractivity contribution in [3.05, 3.63) is 45.3 Å². The number of aromatic nitrogens is 1. The maximum absolute atomic E-state index is 10.9. The molecule has 1 unspecified atom stereocenters. The Bertz CT molecular complexity index is 345. The number of aromatic amines is 1. The number of pyridine rings is 1. The van der Waals surface area contributed by atoms with E-state index in [1.165, 1.54) is 0 Å². The van der Waals surface area contributed by atoms with Gasteiger partial charge in [0.15, 0.2) is 0 Å². The molecule has 64 valence electrons. The molecule has 0 saturated heterocycles. The molecular formula is C8H9BrN2O. The van der Waals surface area contributed by atoms with Crippen LogP contribution < -0.4 is 11.3 Å². The zero-order valence-electron chi connectivity index (χ0n) is 6.38. The summed E-state index contributed by atoms with van der Waals surface area (Å²) in [5.74, 6) is 0. The van der Waals surface area contributed by atoms with Crippen LogP contribution in [0.25, 0.3) is 0 Å². The van der Waals surface area contributed by atoms with Crippen LogP contribution in [0.1, 0.15) is 11.6 Å². The van der Waals surface area contributed by atoms with Crippen molar-refractivity contribution >= 4 is 15.9 Å². The summed E-state index contributed by atoms with van der Waals surface area (Å²) in [5.41, 5.74) is 6.32. The van der Waals surface area contributed by atoms with E-state index >= 15 is 0 Å². The van der Waals surface area contributed by atoms with Gasteiger partial charge in [-0.05, 0) is 27.6 Å². The quantitative estimate of drug-likeness (QED) is 0.751. The fraction of sp³-hybridized carbons (Fsp3) is 0.125. The van der Waals surface area contributed by atoms with Gasteiger partial charge in [-0.2, -0.15) is 0 Å². The first kappa shape index (κ1) is 9.22. The van der Waals surface area contributed by atoms with Crippen LogP contribution in [-0.4, -0.2) is 4.98 Å². The van der Waals surface area contributed by atoms with Gasteiger partial charge in [0, 0.05) is 12.2 Å². The highest BCUT2D eigenvalue weighted by atomic mass is 79.9. The molecule has 0 aliphatic rings. The average molecular weight is 229 g/mol. The van der Waals surface area contributed by atoms with E-state index < -0.39 is 0 Å². The van der Waals surface area contributed by atoms with E-state index in [4.69, 9.17) is 5.73 Å². The topological polar surface area (TPSA) is 58.9 Å². The molecule has 0 spiro atoms. The van der Waals surface area contributed by atoms with Crippen molar-refractivity contribution in [2.45, 2.75) is 6.04 Å². The van der Waals surface area contributed by atoms with Crippen molar-refractivity contribution in [1.82, 2.24) is 4.98 Å². The van der Waals surface area contributed by atoms with Crippen molar-refractivity contribution in [3.63, 3.8) is 0 Å². The number of halogens is 1. The molecule has 4 heteroatoms. The van der Waals surface area contributed by atoms with E-state index in [0.29, 0.717) is 4.47 Å².